The van der Waals surface area contributed by atoms with Gasteiger partial charge in [-0.1, -0.05) is 13.8 Å². The average molecular weight is 178 g/mol. The summed E-state index contributed by atoms with van der Waals surface area (Å²) < 4.78 is 0. The minimum atomic E-state index is -0.00509. The van der Waals surface area contributed by atoms with Gasteiger partial charge < -0.3 is 5.73 Å². The van der Waals surface area contributed by atoms with E-state index in [1.165, 1.54) is 0 Å². The van der Waals surface area contributed by atoms with Crippen LogP contribution in [0.1, 0.15) is 29.9 Å². The van der Waals surface area contributed by atoms with E-state index in [-0.39, 0.29) is 11.7 Å². The molecule has 0 atom stereocenters. The molecule has 1 aromatic rings. The van der Waals surface area contributed by atoms with Crippen molar-refractivity contribution in [2.24, 2.45) is 11.7 Å². The Balaban J connectivity index is 3.06. The molecule has 0 aliphatic carbocycles. The summed E-state index contributed by atoms with van der Waals surface area (Å²) in [5, 5.41) is 0. The number of carbonyl (C=O) groups excluding carboxylic acids is 1. The molecule has 0 fully saturated rings. The molecule has 0 saturated carbocycles. The molecule has 3 heteroatoms. The molecule has 1 rings (SSSR count). The van der Waals surface area contributed by atoms with Gasteiger partial charge in [0.15, 0.2) is 5.78 Å². The largest absolute Gasteiger partial charge is 0.325 e. The molecule has 0 spiro atoms. The SMILES string of the molecule is CC(C)C(=O)c1cccnc1CN. The van der Waals surface area contributed by atoms with Crippen LogP contribution in [-0.2, 0) is 6.54 Å². The molecule has 0 bridgehead atoms. The number of hydrogen-bond acceptors (Lipinski definition) is 3. The highest BCUT2D eigenvalue weighted by atomic mass is 16.1. The second-order valence-corrected chi connectivity index (χ2v) is 3.22. The molecular formula is C10H14N2O. The zero-order valence-electron chi connectivity index (χ0n) is 7.95. The Bertz CT molecular complexity index is 308. The predicted molar refractivity (Wildman–Crippen MR) is 51.3 cm³/mol. The Morgan fingerprint density at radius 3 is 2.85 bits per heavy atom. The van der Waals surface area contributed by atoms with Gasteiger partial charge in [0, 0.05) is 24.2 Å². The lowest BCUT2D eigenvalue weighted by Crippen LogP contribution is -2.13. The van der Waals surface area contributed by atoms with Crippen molar-refractivity contribution < 1.29 is 4.79 Å². The lowest BCUT2D eigenvalue weighted by Gasteiger charge is -2.07. The summed E-state index contributed by atoms with van der Waals surface area (Å²) in [6.45, 7) is 4.06. The van der Waals surface area contributed by atoms with Gasteiger partial charge in [0.05, 0.1) is 5.69 Å². The molecule has 13 heavy (non-hydrogen) atoms. The van der Waals surface area contributed by atoms with Crippen LogP contribution in [-0.4, -0.2) is 10.8 Å². The number of pyridine rings is 1. The number of carbonyl (C=O) groups is 1. The highest BCUT2D eigenvalue weighted by molar-refractivity contribution is 5.98. The topological polar surface area (TPSA) is 56.0 Å². The summed E-state index contributed by atoms with van der Waals surface area (Å²) in [5.41, 5.74) is 6.81. The highest BCUT2D eigenvalue weighted by Gasteiger charge is 2.13. The molecular weight excluding hydrogens is 164 g/mol. The van der Waals surface area contributed by atoms with Crippen LogP contribution in [0.2, 0.25) is 0 Å². The number of rotatable bonds is 3. The standard InChI is InChI=1S/C10H14N2O/c1-7(2)10(13)8-4-3-5-12-9(8)6-11/h3-5,7H,6,11H2,1-2H3. The van der Waals surface area contributed by atoms with E-state index in [1.54, 1.807) is 18.3 Å². The normalized spacial score (nSPS) is 10.5. The monoisotopic (exact) mass is 178 g/mol. The average Bonchev–Trinajstić information content (AvgIpc) is 2.16. The Hall–Kier alpha value is -1.22. The van der Waals surface area contributed by atoms with Crippen molar-refractivity contribution in [3.8, 4) is 0 Å². The number of nitrogens with two attached hydrogens (primary N) is 1. The van der Waals surface area contributed by atoms with E-state index in [0.29, 0.717) is 17.8 Å². The Morgan fingerprint density at radius 2 is 2.31 bits per heavy atom. The Kier molecular flexibility index (Phi) is 3.14. The first-order chi connectivity index (χ1) is 6.16. The van der Waals surface area contributed by atoms with Crippen molar-refractivity contribution in [2.45, 2.75) is 20.4 Å². The first-order valence-electron chi connectivity index (χ1n) is 4.35. The van der Waals surface area contributed by atoms with Crippen molar-refractivity contribution in [3.05, 3.63) is 29.6 Å². The van der Waals surface area contributed by atoms with Gasteiger partial charge >= 0.3 is 0 Å². The lowest BCUT2D eigenvalue weighted by atomic mass is 10.00. The van der Waals surface area contributed by atoms with Gasteiger partial charge in [0.25, 0.3) is 0 Å². The first kappa shape index (κ1) is 9.86. The number of aromatic nitrogens is 1. The van der Waals surface area contributed by atoms with Crippen LogP contribution < -0.4 is 5.73 Å². The minimum absolute atomic E-state index is 0.00509. The fourth-order valence-corrected chi connectivity index (χ4v) is 1.14. The highest BCUT2D eigenvalue weighted by Crippen LogP contribution is 2.10. The van der Waals surface area contributed by atoms with Crippen LogP contribution in [0.25, 0.3) is 0 Å². The van der Waals surface area contributed by atoms with Gasteiger partial charge in [-0.25, -0.2) is 0 Å². The van der Waals surface area contributed by atoms with E-state index < -0.39 is 0 Å². The van der Waals surface area contributed by atoms with Gasteiger partial charge in [-0.05, 0) is 12.1 Å². The zero-order valence-corrected chi connectivity index (χ0v) is 7.95. The van der Waals surface area contributed by atoms with Crippen LogP contribution in [0.4, 0.5) is 0 Å². The minimum Gasteiger partial charge on any atom is -0.325 e. The molecule has 0 unspecified atom stereocenters. The number of nitrogens with zero attached hydrogens (tertiary/aromatic N) is 1. The Labute approximate surface area is 78.0 Å². The summed E-state index contributed by atoms with van der Waals surface area (Å²) in [7, 11) is 0. The van der Waals surface area contributed by atoms with Crippen molar-refractivity contribution in [2.75, 3.05) is 0 Å². The van der Waals surface area contributed by atoms with Crippen molar-refractivity contribution in [1.82, 2.24) is 4.98 Å². The fourth-order valence-electron chi connectivity index (χ4n) is 1.14. The van der Waals surface area contributed by atoms with Crippen LogP contribution in [0, 0.1) is 5.92 Å². The second-order valence-electron chi connectivity index (χ2n) is 3.22. The molecule has 0 radical (unpaired) electrons. The molecule has 0 aliphatic rings. The van der Waals surface area contributed by atoms with E-state index >= 15 is 0 Å². The molecule has 0 aliphatic heterocycles. The summed E-state index contributed by atoms with van der Waals surface area (Å²) in [6.07, 6.45) is 1.65. The van der Waals surface area contributed by atoms with Gasteiger partial charge in [-0.2, -0.15) is 0 Å². The van der Waals surface area contributed by atoms with Crippen molar-refractivity contribution in [3.63, 3.8) is 0 Å². The quantitative estimate of drug-likeness (QED) is 0.711. The third-order valence-corrected chi connectivity index (χ3v) is 1.87. The van der Waals surface area contributed by atoms with E-state index in [1.807, 2.05) is 13.8 Å². The molecule has 1 heterocycles. The van der Waals surface area contributed by atoms with Gasteiger partial charge in [-0.15, -0.1) is 0 Å². The van der Waals surface area contributed by atoms with Crippen molar-refractivity contribution in [1.29, 1.82) is 0 Å². The smallest absolute Gasteiger partial charge is 0.167 e. The molecule has 0 amide bonds. The van der Waals surface area contributed by atoms with Crippen molar-refractivity contribution >= 4 is 5.78 Å². The molecule has 2 N–H and O–H groups in total. The maximum absolute atomic E-state index is 11.6. The van der Waals surface area contributed by atoms with E-state index in [2.05, 4.69) is 4.98 Å². The van der Waals surface area contributed by atoms with Crippen LogP contribution in [0.15, 0.2) is 18.3 Å². The number of ketones is 1. The van der Waals surface area contributed by atoms with E-state index in [4.69, 9.17) is 5.73 Å². The van der Waals surface area contributed by atoms with Crippen LogP contribution in [0.5, 0.6) is 0 Å². The van der Waals surface area contributed by atoms with Gasteiger partial charge in [0.2, 0.25) is 0 Å². The predicted octanol–water partition coefficient (Wildman–Crippen LogP) is 1.38. The van der Waals surface area contributed by atoms with Gasteiger partial charge in [-0.3, -0.25) is 9.78 Å². The fraction of sp³-hybridized carbons (Fsp3) is 0.400. The third kappa shape index (κ3) is 2.12. The number of hydrogen-bond donors (Lipinski definition) is 1. The van der Waals surface area contributed by atoms with Gasteiger partial charge in [0.1, 0.15) is 0 Å². The zero-order chi connectivity index (χ0) is 9.84. The summed E-state index contributed by atoms with van der Waals surface area (Å²) in [4.78, 5) is 15.7. The third-order valence-electron chi connectivity index (χ3n) is 1.87. The molecule has 3 nitrogen and oxygen atoms in total. The maximum Gasteiger partial charge on any atom is 0.167 e. The first-order valence-corrected chi connectivity index (χ1v) is 4.35. The second kappa shape index (κ2) is 4.14. The summed E-state index contributed by atoms with van der Waals surface area (Å²) in [5.74, 6) is 0.100. The summed E-state index contributed by atoms with van der Waals surface area (Å²) in [6, 6.07) is 3.53. The Morgan fingerprint density at radius 1 is 1.62 bits per heavy atom. The molecule has 0 saturated heterocycles. The van der Waals surface area contributed by atoms with E-state index in [0.717, 1.165) is 0 Å². The molecule has 70 valence electrons. The number of Topliss-reactive ketones (excluding diaryl/α,β-unsaturated/α-hetero) is 1. The maximum atomic E-state index is 11.6. The lowest BCUT2D eigenvalue weighted by molar-refractivity contribution is 0.0938. The molecule has 0 aromatic carbocycles. The van der Waals surface area contributed by atoms with E-state index in [9.17, 15) is 4.79 Å². The van der Waals surface area contributed by atoms with Crippen LogP contribution >= 0.6 is 0 Å². The van der Waals surface area contributed by atoms with Crippen LogP contribution in [0.3, 0.4) is 0 Å². The molecule has 1 aromatic heterocycles. The summed E-state index contributed by atoms with van der Waals surface area (Å²) >= 11 is 0.